The molecule has 1 aliphatic heterocycles. The molecule has 0 amide bonds. The number of hydrogen-bond donors (Lipinski definition) is 0. The van der Waals surface area contributed by atoms with Crippen LogP contribution >= 0.6 is 11.6 Å². The van der Waals surface area contributed by atoms with Gasteiger partial charge < -0.3 is 4.74 Å². The minimum Gasteiger partial charge on any atom is -0.465 e. The molecule has 2 heterocycles. The van der Waals surface area contributed by atoms with E-state index in [2.05, 4.69) is 16.0 Å². The lowest BCUT2D eigenvalue weighted by Gasteiger charge is -2.34. The van der Waals surface area contributed by atoms with E-state index in [-0.39, 0.29) is 12.0 Å². The molecule has 0 N–H and O–H groups in total. The zero-order valence-electron chi connectivity index (χ0n) is 13.3. The normalized spacial score (nSPS) is 19.0. The van der Waals surface area contributed by atoms with Gasteiger partial charge in [-0.2, -0.15) is 0 Å². The van der Waals surface area contributed by atoms with E-state index in [1.54, 1.807) is 0 Å². The highest BCUT2D eigenvalue weighted by Crippen LogP contribution is 2.26. The van der Waals surface area contributed by atoms with Crippen molar-refractivity contribution in [3.8, 4) is 0 Å². The van der Waals surface area contributed by atoms with Crippen molar-refractivity contribution >= 4 is 28.5 Å². The summed E-state index contributed by atoms with van der Waals surface area (Å²) in [6, 6.07) is 9.72. The quantitative estimate of drug-likeness (QED) is 0.631. The van der Waals surface area contributed by atoms with Gasteiger partial charge in [-0.1, -0.05) is 36.2 Å². The highest BCUT2D eigenvalue weighted by Gasteiger charge is 2.30. The predicted molar refractivity (Wildman–Crippen MR) is 91.4 cm³/mol. The number of hydrogen-bond acceptors (Lipinski definition) is 4. The molecule has 23 heavy (non-hydrogen) atoms. The average molecular weight is 333 g/mol. The number of carbonyl (C=O) groups excluding carboxylic acids is 1. The lowest BCUT2D eigenvalue weighted by atomic mass is 10.0. The Kier molecular flexibility index (Phi) is 5.13. The van der Waals surface area contributed by atoms with Crippen molar-refractivity contribution in [2.75, 3.05) is 13.2 Å². The minimum absolute atomic E-state index is 0.114. The summed E-state index contributed by atoms with van der Waals surface area (Å²) < 4.78 is 5.24. The van der Waals surface area contributed by atoms with Gasteiger partial charge in [0.05, 0.1) is 12.1 Å². The van der Waals surface area contributed by atoms with Crippen LogP contribution in [0.4, 0.5) is 0 Å². The number of halogens is 1. The number of pyridine rings is 1. The number of carbonyl (C=O) groups is 1. The van der Waals surface area contributed by atoms with Crippen molar-refractivity contribution < 1.29 is 9.53 Å². The van der Waals surface area contributed by atoms with Gasteiger partial charge in [0.1, 0.15) is 11.2 Å². The standard InChI is InChI=1S/C18H21ClN2O2/c1-2-23-18(22)16-9-5-6-10-21(16)12-13-11-17(19)20-15-8-4-3-7-14(13)15/h3-4,7-8,11,16H,2,5-6,9-10,12H2,1H3/t16-/m0/s1. The summed E-state index contributed by atoms with van der Waals surface area (Å²) in [5.41, 5.74) is 2.00. The molecular formula is C18H21ClN2O2. The molecule has 1 saturated heterocycles. The fraction of sp³-hybridized carbons (Fsp3) is 0.444. The molecule has 1 aromatic heterocycles. The van der Waals surface area contributed by atoms with Crippen LogP contribution in [0.2, 0.25) is 5.15 Å². The van der Waals surface area contributed by atoms with Crippen LogP contribution in [0.1, 0.15) is 31.7 Å². The molecule has 0 spiro atoms. The van der Waals surface area contributed by atoms with Gasteiger partial charge in [-0.15, -0.1) is 0 Å². The molecule has 1 atom stereocenters. The van der Waals surface area contributed by atoms with Crippen molar-refractivity contribution in [1.29, 1.82) is 0 Å². The van der Waals surface area contributed by atoms with Gasteiger partial charge in [-0.3, -0.25) is 9.69 Å². The first-order valence-electron chi connectivity index (χ1n) is 8.14. The summed E-state index contributed by atoms with van der Waals surface area (Å²) in [7, 11) is 0. The van der Waals surface area contributed by atoms with E-state index in [1.807, 2.05) is 31.2 Å². The zero-order valence-corrected chi connectivity index (χ0v) is 14.1. The second-order valence-corrected chi connectivity index (χ2v) is 6.24. The number of benzene rings is 1. The fourth-order valence-electron chi connectivity index (χ4n) is 3.25. The van der Waals surface area contributed by atoms with Gasteiger partial charge in [-0.05, 0) is 44.0 Å². The molecule has 0 bridgehead atoms. The molecule has 2 aromatic rings. The van der Waals surface area contributed by atoms with E-state index < -0.39 is 0 Å². The first-order chi connectivity index (χ1) is 11.2. The number of ether oxygens (including phenoxy) is 1. The van der Waals surface area contributed by atoms with Crippen LogP contribution in [0.15, 0.2) is 30.3 Å². The first-order valence-corrected chi connectivity index (χ1v) is 8.51. The maximum atomic E-state index is 12.2. The van der Waals surface area contributed by atoms with E-state index in [4.69, 9.17) is 16.3 Å². The molecule has 5 heteroatoms. The summed E-state index contributed by atoms with van der Waals surface area (Å²) in [5, 5.41) is 1.58. The average Bonchev–Trinajstić information content (AvgIpc) is 2.55. The molecule has 4 nitrogen and oxygen atoms in total. The number of piperidine rings is 1. The van der Waals surface area contributed by atoms with Crippen molar-refractivity contribution in [2.45, 2.75) is 38.8 Å². The third-order valence-electron chi connectivity index (χ3n) is 4.32. The van der Waals surface area contributed by atoms with Crippen LogP contribution in [0.25, 0.3) is 10.9 Å². The smallest absolute Gasteiger partial charge is 0.323 e. The summed E-state index contributed by atoms with van der Waals surface area (Å²) in [4.78, 5) is 18.8. The third-order valence-corrected chi connectivity index (χ3v) is 4.51. The van der Waals surface area contributed by atoms with Gasteiger partial charge in [0.25, 0.3) is 0 Å². The lowest BCUT2D eigenvalue weighted by Crippen LogP contribution is -2.45. The number of aromatic nitrogens is 1. The predicted octanol–water partition coefficient (Wildman–Crippen LogP) is 3.81. The monoisotopic (exact) mass is 332 g/mol. The van der Waals surface area contributed by atoms with Gasteiger partial charge >= 0.3 is 5.97 Å². The number of para-hydroxylation sites is 1. The molecule has 3 rings (SSSR count). The van der Waals surface area contributed by atoms with Crippen molar-refractivity contribution in [3.63, 3.8) is 0 Å². The van der Waals surface area contributed by atoms with Crippen LogP contribution in [-0.2, 0) is 16.1 Å². The SMILES string of the molecule is CCOC(=O)[C@@H]1CCCCN1Cc1cc(Cl)nc2ccccc12. The van der Waals surface area contributed by atoms with Gasteiger partial charge in [0.15, 0.2) is 0 Å². The summed E-state index contributed by atoms with van der Waals surface area (Å²) >= 11 is 6.17. The molecule has 1 aliphatic rings. The Morgan fingerprint density at radius 2 is 2.22 bits per heavy atom. The van der Waals surface area contributed by atoms with E-state index >= 15 is 0 Å². The highest BCUT2D eigenvalue weighted by molar-refractivity contribution is 6.29. The van der Waals surface area contributed by atoms with Crippen LogP contribution in [0.5, 0.6) is 0 Å². The number of nitrogens with zero attached hydrogens (tertiary/aromatic N) is 2. The molecule has 0 aliphatic carbocycles. The Morgan fingerprint density at radius 1 is 1.39 bits per heavy atom. The minimum atomic E-state index is -0.158. The largest absolute Gasteiger partial charge is 0.465 e. The molecular weight excluding hydrogens is 312 g/mol. The number of likely N-dealkylation sites (tertiary alicyclic amines) is 1. The molecule has 1 aromatic carbocycles. The van der Waals surface area contributed by atoms with Crippen LogP contribution in [0, 0.1) is 0 Å². The van der Waals surface area contributed by atoms with Crippen molar-refractivity contribution in [1.82, 2.24) is 9.88 Å². The summed E-state index contributed by atoms with van der Waals surface area (Å²) in [6.07, 6.45) is 3.03. The van der Waals surface area contributed by atoms with Gasteiger partial charge in [-0.25, -0.2) is 4.98 Å². The van der Waals surface area contributed by atoms with E-state index in [0.717, 1.165) is 42.3 Å². The Morgan fingerprint density at radius 3 is 3.04 bits per heavy atom. The Bertz CT molecular complexity index is 704. The molecule has 0 saturated carbocycles. The lowest BCUT2D eigenvalue weighted by molar-refractivity contribution is -0.151. The topological polar surface area (TPSA) is 42.4 Å². The van der Waals surface area contributed by atoms with Crippen LogP contribution < -0.4 is 0 Å². The third kappa shape index (κ3) is 3.65. The second-order valence-electron chi connectivity index (χ2n) is 5.86. The molecule has 122 valence electrons. The first kappa shape index (κ1) is 16.2. The molecule has 0 unspecified atom stereocenters. The Balaban J connectivity index is 1.89. The molecule has 0 radical (unpaired) electrons. The number of fused-ring (bicyclic) bond motifs is 1. The van der Waals surface area contributed by atoms with E-state index in [1.165, 1.54) is 0 Å². The van der Waals surface area contributed by atoms with E-state index in [9.17, 15) is 4.79 Å². The second kappa shape index (κ2) is 7.28. The van der Waals surface area contributed by atoms with Crippen molar-refractivity contribution in [3.05, 3.63) is 41.0 Å². The Labute approximate surface area is 141 Å². The maximum Gasteiger partial charge on any atom is 0.323 e. The van der Waals surface area contributed by atoms with Crippen LogP contribution in [0.3, 0.4) is 0 Å². The summed E-state index contributed by atoms with van der Waals surface area (Å²) in [6.45, 7) is 3.86. The van der Waals surface area contributed by atoms with Gasteiger partial charge in [0.2, 0.25) is 0 Å². The summed E-state index contributed by atoms with van der Waals surface area (Å²) in [5.74, 6) is -0.114. The Hall–Kier alpha value is -1.65. The zero-order chi connectivity index (χ0) is 16.2. The fourth-order valence-corrected chi connectivity index (χ4v) is 3.47. The highest BCUT2D eigenvalue weighted by atomic mass is 35.5. The van der Waals surface area contributed by atoms with Crippen molar-refractivity contribution in [2.24, 2.45) is 0 Å². The van der Waals surface area contributed by atoms with Gasteiger partial charge in [0, 0.05) is 11.9 Å². The van der Waals surface area contributed by atoms with E-state index in [0.29, 0.717) is 18.3 Å². The van der Waals surface area contributed by atoms with Crippen LogP contribution in [-0.4, -0.2) is 35.0 Å². The number of rotatable bonds is 4. The maximum absolute atomic E-state index is 12.2. The number of esters is 1. The molecule has 1 fully saturated rings.